The van der Waals surface area contributed by atoms with Gasteiger partial charge in [-0.2, -0.15) is 0 Å². The van der Waals surface area contributed by atoms with Crippen molar-refractivity contribution in [2.45, 2.75) is 13.5 Å². The molecule has 0 radical (unpaired) electrons. The van der Waals surface area contributed by atoms with Gasteiger partial charge >= 0.3 is 0 Å². The fraction of sp³-hybridized carbons (Fsp3) is 0.154. The number of hydrogen-bond donors (Lipinski definition) is 0. The molecule has 5 nitrogen and oxygen atoms in total. The molecule has 0 aliphatic carbocycles. The largest absolute Gasteiger partial charge is 0.451 e. The number of carbonyl (C=O) groups is 1. The first-order chi connectivity index (χ1) is 9.20. The maximum absolute atomic E-state index is 12.4. The minimum absolute atomic E-state index is 0.213. The van der Waals surface area contributed by atoms with Gasteiger partial charge in [0, 0.05) is 11.9 Å². The van der Waals surface area contributed by atoms with E-state index in [1.807, 2.05) is 25.1 Å². The lowest BCUT2D eigenvalue weighted by molar-refractivity contribution is 0.100. The fourth-order valence-electron chi connectivity index (χ4n) is 1.93. The molecule has 6 heteroatoms. The molecule has 2 heterocycles. The van der Waals surface area contributed by atoms with Crippen LogP contribution < -0.4 is 0 Å². The first-order valence-electron chi connectivity index (χ1n) is 5.82. The molecule has 0 unspecified atom stereocenters. The van der Waals surface area contributed by atoms with E-state index in [0.29, 0.717) is 23.6 Å². The van der Waals surface area contributed by atoms with E-state index >= 15 is 0 Å². The van der Waals surface area contributed by atoms with Crippen LogP contribution in [0.25, 0.3) is 11.0 Å². The van der Waals surface area contributed by atoms with E-state index in [9.17, 15) is 4.79 Å². The number of hydrogen-bond acceptors (Lipinski definition) is 4. The number of halogens is 1. The molecule has 1 aromatic carbocycles. The van der Waals surface area contributed by atoms with E-state index in [1.165, 1.54) is 6.20 Å². The Morgan fingerprint density at radius 3 is 3.05 bits per heavy atom. The van der Waals surface area contributed by atoms with Gasteiger partial charge < -0.3 is 4.42 Å². The molecule has 0 aliphatic rings. The third kappa shape index (κ3) is 1.98. The van der Waals surface area contributed by atoms with Gasteiger partial charge in [0.25, 0.3) is 0 Å². The Labute approximate surface area is 117 Å². The normalized spacial score (nSPS) is 11.1. The highest BCUT2D eigenvalue weighted by Crippen LogP contribution is 2.27. The minimum atomic E-state index is -0.213. The Balaban J connectivity index is 2.09. The van der Waals surface area contributed by atoms with Gasteiger partial charge in [0.15, 0.2) is 5.76 Å². The Morgan fingerprint density at radius 2 is 2.32 bits per heavy atom. The van der Waals surface area contributed by atoms with Gasteiger partial charge in [0.2, 0.25) is 5.78 Å². The molecular weight excluding hydrogens is 310 g/mol. The topological polar surface area (TPSA) is 60.9 Å². The summed E-state index contributed by atoms with van der Waals surface area (Å²) in [6, 6.07) is 7.40. The molecule has 0 bridgehead atoms. The maximum Gasteiger partial charge on any atom is 0.247 e. The quantitative estimate of drug-likeness (QED) is 0.696. The van der Waals surface area contributed by atoms with Crippen LogP contribution in [-0.4, -0.2) is 20.8 Å². The van der Waals surface area contributed by atoms with Gasteiger partial charge in [-0.3, -0.25) is 4.79 Å². The molecule has 3 rings (SSSR count). The average molecular weight is 320 g/mol. The highest BCUT2D eigenvalue weighted by molar-refractivity contribution is 9.10. The molecular formula is C13H10BrN3O2. The van der Waals surface area contributed by atoms with E-state index in [-0.39, 0.29) is 5.78 Å². The van der Waals surface area contributed by atoms with Crippen LogP contribution in [0.3, 0.4) is 0 Å². The Kier molecular flexibility index (Phi) is 2.94. The standard InChI is InChI=1S/C13H10BrN3O2/c1-2-17-10(7-15-16-17)12(18)11-6-8-4-3-5-9(14)13(8)19-11/h3-7H,2H2,1H3. The Bertz CT molecular complexity index is 760. The van der Waals surface area contributed by atoms with Crippen LogP contribution >= 0.6 is 15.9 Å². The van der Waals surface area contributed by atoms with Crippen LogP contribution in [0.4, 0.5) is 0 Å². The summed E-state index contributed by atoms with van der Waals surface area (Å²) in [5.41, 5.74) is 1.10. The summed E-state index contributed by atoms with van der Waals surface area (Å²) in [6.07, 6.45) is 1.45. The predicted octanol–water partition coefficient (Wildman–Crippen LogP) is 3.04. The zero-order valence-electron chi connectivity index (χ0n) is 10.1. The fourth-order valence-corrected chi connectivity index (χ4v) is 2.40. The third-order valence-electron chi connectivity index (χ3n) is 2.87. The van der Waals surface area contributed by atoms with Gasteiger partial charge in [-0.1, -0.05) is 17.3 Å². The second kappa shape index (κ2) is 4.62. The van der Waals surface area contributed by atoms with Crippen molar-refractivity contribution < 1.29 is 9.21 Å². The van der Waals surface area contributed by atoms with Gasteiger partial charge in [0.05, 0.1) is 10.7 Å². The lowest BCUT2D eigenvalue weighted by Gasteiger charge is -1.99. The number of fused-ring (bicyclic) bond motifs is 1. The summed E-state index contributed by atoms with van der Waals surface area (Å²) in [5.74, 6) is 0.0776. The minimum Gasteiger partial charge on any atom is -0.451 e. The van der Waals surface area contributed by atoms with Crippen LogP contribution in [0, 0.1) is 0 Å². The highest BCUT2D eigenvalue weighted by Gasteiger charge is 2.19. The Morgan fingerprint density at radius 1 is 1.47 bits per heavy atom. The van der Waals surface area contributed by atoms with E-state index in [4.69, 9.17) is 4.42 Å². The average Bonchev–Trinajstić information content (AvgIpc) is 3.04. The molecule has 0 aliphatic heterocycles. The van der Waals surface area contributed by atoms with Gasteiger partial charge in [0.1, 0.15) is 11.3 Å². The van der Waals surface area contributed by atoms with Crippen LogP contribution in [0.2, 0.25) is 0 Å². The molecule has 19 heavy (non-hydrogen) atoms. The number of nitrogens with zero attached hydrogens (tertiary/aromatic N) is 3. The zero-order chi connectivity index (χ0) is 13.4. The summed E-state index contributed by atoms with van der Waals surface area (Å²) in [7, 11) is 0. The van der Waals surface area contributed by atoms with Gasteiger partial charge in [-0.15, -0.1) is 5.10 Å². The molecule has 0 saturated heterocycles. The van der Waals surface area contributed by atoms with Crippen molar-refractivity contribution in [1.29, 1.82) is 0 Å². The highest BCUT2D eigenvalue weighted by atomic mass is 79.9. The van der Waals surface area contributed by atoms with Crippen molar-refractivity contribution in [2.75, 3.05) is 0 Å². The molecule has 0 N–H and O–H groups in total. The van der Waals surface area contributed by atoms with Crippen molar-refractivity contribution in [1.82, 2.24) is 15.0 Å². The first kappa shape index (κ1) is 12.1. The molecule has 0 fully saturated rings. The molecule has 0 atom stereocenters. The monoisotopic (exact) mass is 319 g/mol. The zero-order valence-corrected chi connectivity index (χ0v) is 11.7. The van der Waals surface area contributed by atoms with Crippen LogP contribution in [0.5, 0.6) is 0 Å². The lowest BCUT2D eigenvalue weighted by atomic mass is 10.2. The second-order valence-corrected chi connectivity index (χ2v) is 4.89. The van der Waals surface area contributed by atoms with Crippen LogP contribution in [0.1, 0.15) is 23.2 Å². The summed E-state index contributed by atoms with van der Waals surface area (Å²) < 4.78 is 7.99. The lowest BCUT2D eigenvalue weighted by Crippen LogP contribution is -2.09. The van der Waals surface area contributed by atoms with E-state index < -0.39 is 0 Å². The molecule has 0 amide bonds. The van der Waals surface area contributed by atoms with Gasteiger partial charge in [-0.05, 0) is 35.0 Å². The molecule has 0 spiro atoms. The molecule has 0 saturated carbocycles. The van der Waals surface area contributed by atoms with E-state index in [2.05, 4.69) is 26.2 Å². The molecule has 96 valence electrons. The van der Waals surface area contributed by atoms with Crippen molar-refractivity contribution in [2.24, 2.45) is 0 Å². The van der Waals surface area contributed by atoms with E-state index in [1.54, 1.807) is 10.7 Å². The predicted molar refractivity (Wildman–Crippen MR) is 73.0 cm³/mol. The summed E-state index contributed by atoms with van der Waals surface area (Å²) in [4.78, 5) is 12.4. The smallest absolute Gasteiger partial charge is 0.247 e. The number of para-hydroxylation sites is 1. The number of rotatable bonds is 3. The Hall–Kier alpha value is -1.95. The number of benzene rings is 1. The molecule has 2 aromatic heterocycles. The summed E-state index contributed by atoms with van der Waals surface area (Å²) in [6.45, 7) is 2.49. The van der Waals surface area contributed by atoms with Crippen molar-refractivity contribution in [3.05, 3.63) is 46.4 Å². The van der Waals surface area contributed by atoms with Crippen molar-refractivity contribution >= 4 is 32.7 Å². The number of aryl methyl sites for hydroxylation is 1. The van der Waals surface area contributed by atoms with E-state index in [0.717, 1.165) is 9.86 Å². The van der Waals surface area contributed by atoms with Crippen molar-refractivity contribution in [3.63, 3.8) is 0 Å². The SMILES string of the molecule is CCn1nncc1C(=O)c1cc2cccc(Br)c2o1. The summed E-state index contributed by atoms with van der Waals surface area (Å²) in [5, 5.41) is 8.48. The van der Waals surface area contributed by atoms with Crippen molar-refractivity contribution in [3.8, 4) is 0 Å². The number of ketones is 1. The maximum atomic E-state index is 12.4. The number of carbonyl (C=O) groups excluding carboxylic acids is 1. The second-order valence-electron chi connectivity index (χ2n) is 4.03. The number of aromatic nitrogens is 3. The molecule has 3 aromatic rings. The van der Waals surface area contributed by atoms with Crippen LogP contribution in [-0.2, 0) is 6.54 Å². The third-order valence-corrected chi connectivity index (χ3v) is 3.49. The first-order valence-corrected chi connectivity index (χ1v) is 6.61. The van der Waals surface area contributed by atoms with Crippen LogP contribution in [0.15, 0.2) is 39.4 Å². The summed E-state index contributed by atoms with van der Waals surface area (Å²) >= 11 is 3.40. The van der Waals surface area contributed by atoms with Gasteiger partial charge in [-0.25, -0.2) is 4.68 Å². The number of furan rings is 1.